The largest absolute Gasteiger partial charge is 0.444 e. The number of nitrogens with one attached hydrogen (secondary N) is 1. The van der Waals surface area contributed by atoms with Gasteiger partial charge in [-0.05, 0) is 76.3 Å². The summed E-state index contributed by atoms with van der Waals surface area (Å²) < 4.78 is 91.8. The smallest absolute Gasteiger partial charge is 0.416 e. The molecule has 0 aromatic heterocycles. The number of alkyl carbamates (subject to hydrolysis) is 1. The highest BCUT2D eigenvalue weighted by molar-refractivity contribution is 5.76. The number of ether oxygens (including phenoxy) is 2. The molecule has 2 aromatic rings. The number of hydrogen-bond donors (Lipinski definition) is 1. The van der Waals surface area contributed by atoms with E-state index in [0.717, 1.165) is 5.56 Å². The molecule has 1 N–H and O–H groups in total. The van der Waals surface area contributed by atoms with Gasteiger partial charge in [-0.15, -0.1) is 0 Å². The van der Waals surface area contributed by atoms with Crippen LogP contribution in [0.25, 0.3) is 0 Å². The molecule has 0 bridgehead atoms. The SMILES string of the molecule is C[C@@H](O[C@H]1CCN(C(=O)CCCCNC(=O)OC(C)(C)C)C[C@H]1c1ccccc1)c1cc(C(F)(F)F)cc(C(F)(F)F)c1. The topological polar surface area (TPSA) is 67.9 Å². The second-order valence-corrected chi connectivity index (χ2v) is 11.7. The lowest BCUT2D eigenvalue weighted by molar-refractivity contribution is -0.143. The minimum absolute atomic E-state index is 0.0857. The van der Waals surface area contributed by atoms with Crippen LogP contribution in [0.15, 0.2) is 48.5 Å². The number of amides is 2. The van der Waals surface area contributed by atoms with Gasteiger partial charge in [0.15, 0.2) is 0 Å². The molecular formula is C31H38F6N2O4. The normalized spacial score (nSPS) is 18.7. The Morgan fingerprint density at radius 3 is 2.12 bits per heavy atom. The third-order valence-corrected chi connectivity index (χ3v) is 7.07. The van der Waals surface area contributed by atoms with Crippen LogP contribution in [0.5, 0.6) is 0 Å². The van der Waals surface area contributed by atoms with Gasteiger partial charge in [0.05, 0.1) is 23.3 Å². The first-order valence-electron chi connectivity index (χ1n) is 14.2. The first-order chi connectivity index (χ1) is 19.9. The van der Waals surface area contributed by atoms with E-state index in [-0.39, 0.29) is 36.4 Å². The van der Waals surface area contributed by atoms with Gasteiger partial charge in [-0.25, -0.2) is 4.79 Å². The summed E-state index contributed by atoms with van der Waals surface area (Å²) in [7, 11) is 0. The lowest BCUT2D eigenvalue weighted by atomic mass is 9.87. The third kappa shape index (κ3) is 10.4. The monoisotopic (exact) mass is 616 g/mol. The second kappa shape index (κ2) is 14.0. The average Bonchev–Trinajstić information content (AvgIpc) is 2.91. The highest BCUT2D eigenvalue weighted by Gasteiger charge is 2.39. The van der Waals surface area contributed by atoms with Gasteiger partial charge in [0, 0.05) is 32.0 Å². The van der Waals surface area contributed by atoms with Crippen LogP contribution in [0.1, 0.15) is 87.7 Å². The Labute approximate surface area is 247 Å². The van der Waals surface area contributed by atoms with Crippen molar-refractivity contribution in [2.45, 2.75) is 89.5 Å². The minimum Gasteiger partial charge on any atom is -0.444 e. The Hall–Kier alpha value is -3.28. The fourth-order valence-corrected chi connectivity index (χ4v) is 4.96. The summed E-state index contributed by atoms with van der Waals surface area (Å²) in [4.78, 5) is 26.5. The second-order valence-electron chi connectivity index (χ2n) is 11.7. The fraction of sp³-hybridized carbons (Fsp3) is 0.548. The third-order valence-electron chi connectivity index (χ3n) is 7.07. The van der Waals surface area contributed by atoms with Gasteiger partial charge in [0.25, 0.3) is 0 Å². The van der Waals surface area contributed by atoms with Crippen molar-refractivity contribution in [3.05, 3.63) is 70.8 Å². The van der Waals surface area contributed by atoms with Crippen molar-refractivity contribution in [2.75, 3.05) is 19.6 Å². The Morgan fingerprint density at radius 2 is 1.56 bits per heavy atom. The quantitative estimate of drug-likeness (QED) is 0.230. The van der Waals surface area contributed by atoms with Crippen LogP contribution in [-0.2, 0) is 26.6 Å². The number of piperidine rings is 1. The molecule has 0 saturated carbocycles. The van der Waals surface area contributed by atoms with Crippen molar-refractivity contribution in [1.29, 1.82) is 0 Å². The van der Waals surface area contributed by atoms with Gasteiger partial charge in [-0.1, -0.05) is 30.3 Å². The number of nitrogens with zero attached hydrogens (tertiary/aromatic N) is 1. The van der Waals surface area contributed by atoms with Gasteiger partial charge < -0.3 is 19.7 Å². The molecular weight excluding hydrogens is 578 g/mol. The highest BCUT2D eigenvalue weighted by atomic mass is 19.4. The molecule has 0 aliphatic carbocycles. The zero-order chi connectivity index (χ0) is 32.0. The molecule has 0 spiro atoms. The van der Waals surface area contributed by atoms with Crippen molar-refractivity contribution in [3.63, 3.8) is 0 Å². The van der Waals surface area contributed by atoms with Crippen molar-refractivity contribution in [3.8, 4) is 0 Å². The maximum atomic E-state index is 13.4. The number of alkyl halides is 6. The summed E-state index contributed by atoms with van der Waals surface area (Å²) in [6, 6.07) is 10.6. The molecule has 1 aliphatic rings. The maximum absolute atomic E-state index is 13.4. The van der Waals surface area contributed by atoms with Crippen LogP contribution < -0.4 is 5.32 Å². The summed E-state index contributed by atoms with van der Waals surface area (Å²) in [6.07, 6.45) is -10.4. The fourth-order valence-electron chi connectivity index (χ4n) is 4.96. The van der Waals surface area contributed by atoms with Gasteiger partial charge in [0.1, 0.15) is 5.60 Å². The van der Waals surface area contributed by atoms with Crippen LogP contribution in [0.4, 0.5) is 31.1 Å². The maximum Gasteiger partial charge on any atom is 0.416 e. The summed E-state index contributed by atoms with van der Waals surface area (Å²) >= 11 is 0. The van der Waals surface area contributed by atoms with E-state index in [1.165, 1.54) is 6.92 Å². The lowest BCUT2D eigenvalue weighted by Crippen LogP contribution is -2.46. The Morgan fingerprint density at radius 1 is 0.953 bits per heavy atom. The molecule has 2 amide bonds. The Kier molecular flexibility index (Phi) is 11.1. The van der Waals surface area contributed by atoms with Crippen LogP contribution in [0.2, 0.25) is 0 Å². The summed E-state index contributed by atoms with van der Waals surface area (Å²) in [5, 5.41) is 2.65. The zero-order valence-electron chi connectivity index (χ0n) is 24.6. The van der Waals surface area contributed by atoms with Crippen LogP contribution in [0, 0.1) is 0 Å². The molecule has 2 aromatic carbocycles. The molecule has 43 heavy (non-hydrogen) atoms. The number of benzene rings is 2. The molecule has 3 rings (SSSR count). The van der Waals surface area contributed by atoms with Crippen LogP contribution in [0.3, 0.4) is 0 Å². The van der Waals surface area contributed by atoms with Crippen molar-refractivity contribution in [2.24, 2.45) is 0 Å². The van der Waals surface area contributed by atoms with E-state index in [2.05, 4.69) is 5.32 Å². The van der Waals surface area contributed by atoms with Crippen molar-refractivity contribution in [1.82, 2.24) is 10.2 Å². The summed E-state index contributed by atoms with van der Waals surface area (Å²) in [5.41, 5.74) is -2.78. The highest BCUT2D eigenvalue weighted by Crippen LogP contribution is 2.39. The number of hydrogen-bond acceptors (Lipinski definition) is 4. The van der Waals surface area contributed by atoms with Gasteiger partial charge in [-0.3, -0.25) is 4.79 Å². The molecule has 12 heteroatoms. The van der Waals surface area contributed by atoms with E-state index in [4.69, 9.17) is 9.47 Å². The van der Waals surface area contributed by atoms with Crippen LogP contribution in [-0.4, -0.2) is 48.2 Å². The minimum atomic E-state index is -4.96. The van der Waals surface area contributed by atoms with E-state index in [1.807, 2.05) is 30.3 Å². The molecule has 1 heterocycles. The molecule has 1 fully saturated rings. The summed E-state index contributed by atoms with van der Waals surface area (Å²) in [6.45, 7) is 7.68. The van der Waals surface area contributed by atoms with E-state index in [0.29, 0.717) is 44.5 Å². The van der Waals surface area contributed by atoms with E-state index < -0.39 is 47.4 Å². The van der Waals surface area contributed by atoms with Gasteiger partial charge >= 0.3 is 18.4 Å². The number of carbonyl (C=O) groups excluding carboxylic acids is 2. The molecule has 1 saturated heterocycles. The molecule has 3 atom stereocenters. The molecule has 0 radical (unpaired) electrons. The average molecular weight is 617 g/mol. The van der Waals surface area contributed by atoms with E-state index in [1.54, 1.807) is 25.7 Å². The number of rotatable bonds is 9. The predicted octanol–water partition coefficient (Wildman–Crippen LogP) is 7.88. The number of unbranched alkanes of at least 4 members (excludes halogenated alkanes) is 1. The standard InChI is InChI=1S/C31H38F6N2O4/c1-20(22-16-23(30(32,33)34)18-24(17-22)31(35,36)37)42-26-13-15-39(19-25(26)21-10-6-5-7-11-21)27(40)12-8-9-14-38-28(41)43-29(2,3)4/h5-7,10-11,16-18,20,25-26H,8-9,12-15,19H2,1-4H3,(H,38,41)/t20-,25+,26+/m1/s1. The molecule has 238 valence electrons. The molecule has 6 nitrogen and oxygen atoms in total. The Balaban J connectivity index is 1.67. The Bertz CT molecular complexity index is 1200. The van der Waals surface area contributed by atoms with E-state index >= 15 is 0 Å². The molecule has 1 aliphatic heterocycles. The predicted molar refractivity (Wildman–Crippen MR) is 148 cm³/mol. The first-order valence-corrected chi connectivity index (χ1v) is 14.2. The number of likely N-dealkylation sites (tertiary alicyclic amines) is 1. The van der Waals surface area contributed by atoms with Crippen molar-refractivity contribution < 1.29 is 45.4 Å². The van der Waals surface area contributed by atoms with Crippen molar-refractivity contribution >= 4 is 12.0 Å². The zero-order valence-corrected chi connectivity index (χ0v) is 24.6. The molecule has 0 unspecified atom stereocenters. The van der Waals surface area contributed by atoms with Gasteiger partial charge in [0.2, 0.25) is 5.91 Å². The lowest BCUT2D eigenvalue weighted by Gasteiger charge is -2.40. The van der Waals surface area contributed by atoms with E-state index in [9.17, 15) is 35.9 Å². The van der Waals surface area contributed by atoms with Gasteiger partial charge in [-0.2, -0.15) is 26.3 Å². The first kappa shape index (κ1) is 34.2. The summed E-state index contributed by atoms with van der Waals surface area (Å²) in [5.74, 6) is -0.430. The van der Waals surface area contributed by atoms with Crippen LogP contribution >= 0.6 is 0 Å². The number of halogens is 6. The number of carbonyl (C=O) groups is 2.